The van der Waals surface area contributed by atoms with Crippen LogP contribution in [-0.4, -0.2) is 49.6 Å². The largest absolute Gasteiger partial charge is 0.354 e. The lowest BCUT2D eigenvalue weighted by atomic mass is 10.0. The maximum atomic E-state index is 13.6. The molecule has 27 heavy (non-hydrogen) atoms. The highest BCUT2D eigenvalue weighted by Gasteiger charge is 2.42. The van der Waals surface area contributed by atoms with Crippen molar-refractivity contribution in [3.8, 4) is 11.4 Å². The number of aromatic nitrogens is 5. The standard InChI is InChI=1S/C16H15F4N7/c17-15(18)9-1-2-13-22-6-11(27(13)25-9)10-5-14(24-8-23-10)26-4-3-16(19,20)12(21)7-26/h1-2,5-6,8,12,15H,3-4,7,21H2. The molecule has 0 spiro atoms. The van der Waals surface area contributed by atoms with Gasteiger partial charge in [0, 0.05) is 25.6 Å². The summed E-state index contributed by atoms with van der Waals surface area (Å²) in [6.45, 7) is 0.0441. The van der Waals surface area contributed by atoms with Crippen LogP contribution in [0.4, 0.5) is 23.4 Å². The highest BCUT2D eigenvalue weighted by molar-refractivity contribution is 5.62. The van der Waals surface area contributed by atoms with E-state index in [-0.39, 0.29) is 25.2 Å². The average Bonchev–Trinajstić information content (AvgIpc) is 3.07. The van der Waals surface area contributed by atoms with Gasteiger partial charge in [-0.25, -0.2) is 37.0 Å². The zero-order chi connectivity index (χ0) is 19.2. The Labute approximate surface area is 150 Å². The summed E-state index contributed by atoms with van der Waals surface area (Å²) >= 11 is 0. The van der Waals surface area contributed by atoms with Gasteiger partial charge in [-0.2, -0.15) is 5.10 Å². The van der Waals surface area contributed by atoms with Gasteiger partial charge in [-0.05, 0) is 12.1 Å². The van der Waals surface area contributed by atoms with Crippen molar-refractivity contribution < 1.29 is 17.6 Å². The fourth-order valence-corrected chi connectivity index (χ4v) is 2.98. The molecule has 1 aliphatic heterocycles. The predicted octanol–water partition coefficient (Wildman–Crippen LogP) is 2.30. The number of alkyl halides is 4. The van der Waals surface area contributed by atoms with Crippen molar-refractivity contribution in [2.45, 2.75) is 24.8 Å². The smallest absolute Gasteiger partial charge is 0.282 e. The van der Waals surface area contributed by atoms with E-state index in [9.17, 15) is 17.6 Å². The van der Waals surface area contributed by atoms with Gasteiger partial charge >= 0.3 is 0 Å². The normalized spacial score (nSPS) is 19.8. The fourth-order valence-electron chi connectivity index (χ4n) is 2.98. The maximum absolute atomic E-state index is 13.6. The lowest BCUT2D eigenvalue weighted by Gasteiger charge is -2.37. The molecule has 3 aromatic heterocycles. The monoisotopic (exact) mass is 381 g/mol. The molecule has 11 heteroatoms. The number of halogens is 4. The molecule has 1 unspecified atom stereocenters. The van der Waals surface area contributed by atoms with Gasteiger partial charge in [-0.3, -0.25) is 0 Å². The van der Waals surface area contributed by atoms with Crippen LogP contribution >= 0.6 is 0 Å². The maximum Gasteiger partial charge on any atom is 0.282 e. The van der Waals surface area contributed by atoms with Crippen molar-refractivity contribution in [1.82, 2.24) is 24.6 Å². The van der Waals surface area contributed by atoms with Crippen molar-refractivity contribution in [2.24, 2.45) is 5.73 Å². The number of nitrogens with zero attached hydrogens (tertiary/aromatic N) is 6. The molecule has 1 saturated heterocycles. The van der Waals surface area contributed by atoms with E-state index in [1.54, 1.807) is 11.0 Å². The Kier molecular flexibility index (Phi) is 4.17. The van der Waals surface area contributed by atoms with E-state index in [0.29, 0.717) is 22.9 Å². The Balaban J connectivity index is 1.69. The van der Waals surface area contributed by atoms with Crippen LogP contribution < -0.4 is 10.6 Å². The summed E-state index contributed by atoms with van der Waals surface area (Å²) in [5.41, 5.74) is 6.33. The topological polar surface area (TPSA) is 85.2 Å². The summed E-state index contributed by atoms with van der Waals surface area (Å²) in [6, 6.07) is 2.93. The molecule has 4 heterocycles. The van der Waals surface area contributed by atoms with E-state index in [4.69, 9.17) is 5.73 Å². The van der Waals surface area contributed by atoms with E-state index < -0.39 is 18.4 Å². The first-order chi connectivity index (χ1) is 12.8. The Bertz CT molecular complexity index is 974. The Morgan fingerprint density at radius 3 is 2.74 bits per heavy atom. The van der Waals surface area contributed by atoms with E-state index in [1.807, 2.05) is 0 Å². The number of hydrogen-bond acceptors (Lipinski definition) is 6. The molecule has 0 aromatic carbocycles. The minimum absolute atomic E-state index is 0.0512. The van der Waals surface area contributed by atoms with Crippen LogP contribution in [0.5, 0.6) is 0 Å². The van der Waals surface area contributed by atoms with Gasteiger partial charge in [-0.15, -0.1) is 0 Å². The van der Waals surface area contributed by atoms with Gasteiger partial charge in [0.25, 0.3) is 12.3 Å². The molecule has 7 nitrogen and oxygen atoms in total. The molecule has 0 radical (unpaired) electrons. The molecule has 1 atom stereocenters. The minimum Gasteiger partial charge on any atom is -0.354 e. The number of imidazole rings is 1. The predicted molar refractivity (Wildman–Crippen MR) is 88.7 cm³/mol. The minimum atomic E-state index is -2.91. The zero-order valence-electron chi connectivity index (χ0n) is 13.9. The van der Waals surface area contributed by atoms with E-state index >= 15 is 0 Å². The zero-order valence-corrected chi connectivity index (χ0v) is 13.9. The molecule has 0 aliphatic carbocycles. The highest BCUT2D eigenvalue weighted by Crippen LogP contribution is 2.30. The van der Waals surface area contributed by atoms with Gasteiger partial charge < -0.3 is 10.6 Å². The van der Waals surface area contributed by atoms with Gasteiger partial charge in [0.1, 0.15) is 23.5 Å². The van der Waals surface area contributed by atoms with Crippen molar-refractivity contribution in [3.05, 3.63) is 36.4 Å². The molecule has 0 amide bonds. The number of hydrogen-bond donors (Lipinski definition) is 1. The van der Waals surface area contributed by atoms with Crippen molar-refractivity contribution in [3.63, 3.8) is 0 Å². The quantitative estimate of drug-likeness (QED) is 0.701. The Morgan fingerprint density at radius 2 is 2.00 bits per heavy atom. The molecule has 0 bridgehead atoms. The first kappa shape index (κ1) is 17.6. The molecule has 1 fully saturated rings. The van der Waals surface area contributed by atoms with Crippen LogP contribution in [0.2, 0.25) is 0 Å². The lowest BCUT2D eigenvalue weighted by molar-refractivity contribution is -0.0394. The van der Waals surface area contributed by atoms with Gasteiger partial charge in [0.15, 0.2) is 5.65 Å². The second-order valence-corrected chi connectivity index (χ2v) is 6.30. The summed E-state index contributed by atoms with van der Waals surface area (Å²) in [6.07, 6.45) is -0.358. The van der Waals surface area contributed by atoms with Crippen LogP contribution in [0.15, 0.2) is 30.7 Å². The molecule has 3 aromatic rings. The third-order valence-corrected chi connectivity index (χ3v) is 4.52. The molecule has 0 saturated carbocycles. The number of fused-ring (bicyclic) bond motifs is 1. The number of rotatable bonds is 3. The first-order valence-electron chi connectivity index (χ1n) is 8.19. The van der Waals surface area contributed by atoms with Crippen LogP contribution in [0.25, 0.3) is 17.0 Å². The summed E-state index contributed by atoms with van der Waals surface area (Å²) in [7, 11) is 0. The van der Waals surface area contributed by atoms with Crippen LogP contribution in [0, 0.1) is 0 Å². The molecule has 2 N–H and O–H groups in total. The summed E-state index contributed by atoms with van der Waals surface area (Å²) in [5, 5.41) is 3.90. The third kappa shape index (κ3) is 3.18. The highest BCUT2D eigenvalue weighted by atomic mass is 19.3. The second-order valence-electron chi connectivity index (χ2n) is 6.30. The Hall–Kier alpha value is -2.82. The summed E-state index contributed by atoms with van der Waals surface area (Å²) in [5.74, 6) is -2.49. The van der Waals surface area contributed by atoms with Crippen molar-refractivity contribution >= 4 is 11.5 Å². The molecule has 4 rings (SSSR count). The van der Waals surface area contributed by atoms with Crippen LogP contribution in [0.1, 0.15) is 18.5 Å². The van der Waals surface area contributed by atoms with E-state index in [0.717, 1.165) is 0 Å². The average molecular weight is 381 g/mol. The van der Waals surface area contributed by atoms with Gasteiger partial charge in [0.05, 0.1) is 17.9 Å². The number of nitrogens with two attached hydrogens (primary N) is 1. The van der Waals surface area contributed by atoms with Crippen molar-refractivity contribution in [2.75, 3.05) is 18.0 Å². The van der Waals surface area contributed by atoms with E-state index in [2.05, 4.69) is 20.1 Å². The SMILES string of the molecule is NC1CN(c2cc(-c3cnc4ccc(C(F)F)nn34)ncn2)CCC1(F)F. The number of anilines is 1. The molecule has 142 valence electrons. The fraction of sp³-hybridized carbons (Fsp3) is 0.375. The Morgan fingerprint density at radius 1 is 1.19 bits per heavy atom. The van der Waals surface area contributed by atoms with E-state index in [1.165, 1.54) is 29.2 Å². The molecule has 1 aliphatic rings. The molecular weight excluding hydrogens is 366 g/mol. The van der Waals surface area contributed by atoms with Crippen molar-refractivity contribution in [1.29, 1.82) is 0 Å². The summed E-state index contributed by atoms with van der Waals surface area (Å²) in [4.78, 5) is 14.0. The lowest BCUT2D eigenvalue weighted by Crippen LogP contribution is -2.55. The first-order valence-corrected chi connectivity index (χ1v) is 8.19. The number of piperidine rings is 1. The second kappa shape index (κ2) is 6.41. The van der Waals surface area contributed by atoms with Gasteiger partial charge in [0.2, 0.25) is 0 Å². The summed E-state index contributed by atoms with van der Waals surface area (Å²) < 4.78 is 54.4. The van der Waals surface area contributed by atoms with Crippen LogP contribution in [-0.2, 0) is 0 Å². The third-order valence-electron chi connectivity index (χ3n) is 4.52. The van der Waals surface area contributed by atoms with Gasteiger partial charge in [-0.1, -0.05) is 0 Å². The molecular formula is C16H15F4N7. The van der Waals surface area contributed by atoms with Crippen LogP contribution in [0.3, 0.4) is 0 Å².